The fraction of sp³-hybridized carbons (Fsp3) is 1.00. The third kappa shape index (κ3) is 9.92. The lowest BCUT2D eigenvalue weighted by Gasteiger charge is -2.29. The summed E-state index contributed by atoms with van der Waals surface area (Å²) in [5.41, 5.74) is 4.31. The second-order valence-corrected chi connectivity index (χ2v) is 4.88. The minimum Gasteiger partial charge on any atom is -0.394 e. The van der Waals surface area contributed by atoms with Crippen molar-refractivity contribution in [3.8, 4) is 0 Å². The van der Waals surface area contributed by atoms with Gasteiger partial charge >= 0.3 is 0 Å². The van der Waals surface area contributed by atoms with E-state index in [-0.39, 0.29) is 12.1 Å². The maximum Gasteiger partial charge on any atom is 0.0713 e. The van der Waals surface area contributed by atoms with Gasteiger partial charge in [-0.15, -0.1) is 0 Å². The third-order valence-electron chi connectivity index (χ3n) is 2.10. The van der Waals surface area contributed by atoms with Crippen LogP contribution in [-0.4, -0.2) is 53.5 Å². The van der Waals surface area contributed by atoms with E-state index >= 15 is 0 Å². The van der Waals surface area contributed by atoms with Crippen molar-refractivity contribution in [1.29, 1.82) is 0 Å². The Morgan fingerprint density at radius 3 is 1.43 bits per heavy atom. The van der Waals surface area contributed by atoms with Crippen LogP contribution < -0.4 is 5.73 Å². The first-order valence-corrected chi connectivity index (χ1v) is 4.77. The number of hydrogen-bond donors (Lipinski definition) is 3. The molecular formula is C10H26N2O2. The molecule has 0 radical (unpaired) electrons. The lowest BCUT2D eigenvalue weighted by Crippen LogP contribution is -2.41. The Kier molecular flexibility index (Phi) is 7.38. The van der Waals surface area contributed by atoms with Crippen LogP contribution in [0.15, 0.2) is 0 Å². The van der Waals surface area contributed by atoms with Gasteiger partial charge in [-0.3, -0.25) is 0 Å². The maximum absolute atomic E-state index is 8.72. The Morgan fingerprint density at radius 2 is 1.43 bits per heavy atom. The van der Waals surface area contributed by atoms with Crippen LogP contribution in [0, 0.1) is 0 Å². The number of nitrogens with two attached hydrogens (primary N) is 1. The Hall–Kier alpha value is -0.160. The maximum atomic E-state index is 8.72. The molecule has 4 heteroatoms. The fourth-order valence-electron chi connectivity index (χ4n) is 0.141. The minimum atomic E-state index is -0.681. The van der Waals surface area contributed by atoms with Crippen LogP contribution in [0.3, 0.4) is 0 Å². The van der Waals surface area contributed by atoms with Gasteiger partial charge in [0.1, 0.15) is 0 Å². The highest BCUT2D eigenvalue weighted by atomic mass is 16.3. The zero-order chi connectivity index (χ0) is 12.0. The molecule has 0 saturated carbocycles. The third-order valence-corrected chi connectivity index (χ3v) is 2.10. The molecule has 0 spiro atoms. The van der Waals surface area contributed by atoms with Crippen LogP contribution in [0.5, 0.6) is 0 Å². The van der Waals surface area contributed by atoms with E-state index in [2.05, 4.69) is 0 Å². The summed E-state index contributed by atoms with van der Waals surface area (Å²) in [7, 11) is 3.91. The van der Waals surface area contributed by atoms with Crippen molar-refractivity contribution >= 4 is 0 Å². The standard InChI is InChI=1S/C6H15NO.C4H11NO/c1-6(2,5-8)7(3)4;1-4(2,6)3-5/h8H,5H2,1-4H3;6H,3,5H2,1-2H3. The van der Waals surface area contributed by atoms with Gasteiger partial charge in [-0.25, -0.2) is 0 Å². The zero-order valence-electron chi connectivity index (χ0n) is 10.3. The molecule has 0 unspecified atom stereocenters. The Balaban J connectivity index is 0. The molecule has 0 aromatic heterocycles. The molecule has 0 saturated heterocycles. The normalized spacial score (nSPS) is 12.4. The van der Waals surface area contributed by atoms with E-state index in [0.717, 1.165) is 0 Å². The van der Waals surface area contributed by atoms with Crippen LogP contribution >= 0.6 is 0 Å². The van der Waals surface area contributed by atoms with E-state index < -0.39 is 5.60 Å². The molecule has 0 aliphatic carbocycles. The molecular weight excluding hydrogens is 180 g/mol. The second-order valence-electron chi connectivity index (χ2n) is 4.88. The van der Waals surface area contributed by atoms with Crippen LogP contribution in [-0.2, 0) is 0 Å². The summed E-state index contributed by atoms with van der Waals surface area (Å²) >= 11 is 0. The van der Waals surface area contributed by atoms with Gasteiger partial charge in [0.05, 0.1) is 12.2 Å². The van der Waals surface area contributed by atoms with Crippen molar-refractivity contribution in [3.63, 3.8) is 0 Å². The van der Waals surface area contributed by atoms with E-state index in [4.69, 9.17) is 15.9 Å². The van der Waals surface area contributed by atoms with E-state index in [9.17, 15) is 0 Å². The van der Waals surface area contributed by atoms with Crippen LogP contribution in [0.4, 0.5) is 0 Å². The number of nitrogens with zero attached hydrogens (tertiary/aromatic N) is 1. The molecule has 0 bridgehead atoms. The van der Waals surface area contributed by atoms with Gasteiger partial charge < -0.3 is 20.8 Å². The first-order chi connectivity index (χ1) is 6.06. The second kappa shape index (κ2) is 6.35. The monoisotopic (exact) mass is 206 g/mol. The largest absolute Gasteiger partial charge is 0.394 e. The summed E-state index contributed by atoms with van der Waals surface area (Å²) in [6.45, 7) is 7.87. The van der Waals surface area contributed by atoms with E-state index in [0.29, 0.717) is 6.54 Å². The van der Waals surface area contributed by atoms with Crippen molar-refractivity contribution in [1.82, 2.24) is 4.90 Å². The van der Waals surface area contributed by atoms with Gasteiger partial charge in [0.15, 0.2) is 0 Å². The Morgan fingerprint density at radius 1 is 1.14 bits per heavy atom. The average Bonchev–Trinajstić information content (AvgIpc) is 2.04. The summed E-state index contributed by atoms with van der Waals surface area (Å²) in [6, 6.07) is 0. The van der Waals surface area contributed by atoms with E-state index in [1.807, 2.05) is 32.8 Å². The number of rotatable bonds is 3. The molecule has 0 aliphatic heterocycles. The highest BCUT2D eigenvalue weighted by Crippen LogP contribution is 2.06. The van der Waals surface area contributed by atoms with Gasteiger partial charge in [-0.1, -0.05) is 0 Å². The summed E-state index contributed by atoms with van der Waals surface area (Å²) in [5.74, 6) is 0. The van der Waals surface area contributed by atoms with Crippen molar-refractivity contribution < 1.29 is 10.2 Å². The molecule has 4 N–H and O–H groups in total. The van der Waals surface area contributed by atoms with Crippen molar-refractivity contribution in [2.24, 2.45) is 5.73 Å². The van der Waals surface area contributed by atoms with Gasteiger partial charge in [0.25, 0.3) is 0 Å². The molecule has 0 aromatic rings. The molecule has 88 valence electrons. The highest BCUT2D eigenvalue weighted by Gasteiger charge is 2.17. The molecule has 0 aliphatic rings. The number of likely N-dealkylation sites (N-methyl/N-ethyl adjacent to an activating group) is 1. The van der Waals surface area contributed by atoms with Crippen LogP contribution in [0.2, 0.25) is 0 Å². The van der Waals surface area contributed by atoms with E-state index in [1.54, 1.807) is 13.8 Å². The van der Waals surface area contributed by atoms with Gasteiger partial charge in [-0.05, 0) is 41.8 Å². The summed E-state index contributed by atoms with van der Waals surface area (Å²) in [6.07, 6.45) is 0. The Bertz CT molecular complexity index is 140. The predicted molar refractivity (Wildman–Crippen MR) is 60.2 cm³/mol. The van der Waals surface area contributed by atoms with Gasteiger partial charge in [0, 0.05) is 12.1 Å². The number of aliphatic hydroxyl groups excluding tert-OH is 1. The van der Waals surface area contributed by atoms with Crippen molar-refractivity contribution in [3.05, 3.63) is 0 Å². The minimum absolute atomic E-state index is 0.0694. The molecule has 0 rings (SSSR count). The van der Waals surface area contributed by atoms with E-state index in [1.165, 1.54) is 0 Å². The SMILES string of the molecule is CC(C)(O)CN.CN(C)C(C)(C)CO. The molecule has 0 amide bonds. The predicted octanol–water partition coefficient (Wildman–Crippen LogP) is 0.0349. The molecule has 4 nitrogen and oxygen atoms in total. The highest BCUT2D eigenvalue weighted by molar-refractivity contribution is 4.74. The van der Waals surface area contributed by atoms with Gasteiger partial charge in [0.2, 0.25) is 0 Å². The lowest BCUT2D eigenvalue weighted by atomic mass is 10.1. The summed E-state index contributed by atoms with van der Waals surface area (Å²) in [5, 5.41) is 17.4. The summed E-state index contributed by atoms with van der Waals surface area (Å²) < 4.78 is 0. The molecule has 14 heavy (non-hydrogen) atoms. The van der Waals surface area contributed by atoms with Crippen molar-refractivity contribution in [2.75, 3.05) is 27.2 Å². The lowest BCUT2D eigenvalue weighted by molar-refractivity contribution is 0.0898. The topological polar surface area (TPSA) is 69.7 Å². The first-order valence-electron chi connectivity index (χ1n) is 4.77. The van der Waals surface area contributed by atoms with Crippen LogP contribution in [0.25, 0.3) is 0 Å². The zero-order valence-corrected chi connectivity index (χ0v) is 10.3. The fourth-order valence-corrected chi connectivity index (χ4v) is 0.141. The van der Waals surface area contributed by atoms with Crippen molar-refractivity contribution in [2.45, 2.75) is 38.8 Å². The molecule has 0 atom stereocenters. The van der Waals surface area contributed by atoms with Gasteiger partial charge in [-0.2, -0.15) is 0 Å². The molecule has 0 heterocycles. The molecule has 0 fully saturated rings. The smallest absolute Gasteiger partial charge is 0.0713 e. The summed E-state index contributed by atoms with van der Waals surface area (Å²) in [4.78, 5) is 1.99. The Labute approximate surface area is 87.7 Å². The molecule has 0 aromatic carbocycles. The van der Waals surface area contributed by atoms with Crippen LogP contribution in [0.1, 0.15) is 27.7 Å². The quantitative estimate of drug-likeness (QED) is 0.609. The number of aliphatic hydroxyl groups is 2. The first kappa shape index (κ1) is 16.3. The number of hydrogen-bond acceptors (Lipinski definition) is 4. The average molecular weight is 206 g/mol.